The number of rotatable bonds is 1. The first-order valence-corrected chi connectivity index (χ1v) is 5.56. The van der Waals surface area contributed by atoms with Crippen molar-refractivity contribution in [2.45, 2.75) is 0 Å². The van der Waals surface area contributed by atoms with Gasteiger partial charge in [-0.3, -0.25) is 4.79 Å². The van der Waals surface area contributed by atoms with Gasteiger partial charge in [-0.15, -0.1) is 0 Å². The molecule has 0 amide bonds. The van der Waals surface area contributed by atoms with Gasteiger partial charge in [0.05, 0.1) is 10.9 Å². The summed E-state index contributed by atoms with van der Waals surface area (Å²) in [5.41, 5.74) is 0.289. The lowest BCUT2D eigenvalue weighted by Gasteiger charge is -2.05. The van der Waals surface area contributed by atoms with Gasteiger partial charge >= 0.3 is 0 Å². The number of aromatic nitrogens is 1. The Labute approximate surface area is 107 Å². The molecule has 0 saturated heterocycles. The molecule has 0 saturated carbocycles. The normalized spacial score (nSPS) is 10.7. The van der Waals surface area contributed by atoms with Gasteiger partial charge in [0.1, 0.15) is 17.3 Å². The fraction of sp³-hybridized carbons (Fsp3) is 0. The van der Waals surface area contributed by atoms with Gasteiger partial charge in [0, 0.05) is 18.3 Å². The number of fused-ring (bicyclic) bond motifs is 1. The van der Waals surface area contributed by atoms with Crippen molar-refractivity contribution in [3.8, 4) is 22.8 Å². The average Bonchev–Trinajstić information content (AvgIpc) is 2.38. The molecular weight excluding hydrogens is 246 g/mol. The first kappa shape index (κ1) is 11.3. The first-order chi connectivity index (χ1) is 9.15. The molecule has 0 fully saturated rings. The second kappa shape index (κ2) is 4.13. The van der Waals surface area contributed by atoms with Gasteiger partial charge < -0.3 is 14.6 Å². The van der Waals surface area contributed by atoms with Crippen LogP contribution >= 0.6 is 0 Å². The smallest absolute Gasteiger partial charge is 0.230 e. The highest BCUT2D eigenvalue weighted by molar-refractivity contribution is 5.76. The van der Waals surface area contributed by atoms with Gasteiger partial charge in [0.25, 0.3) is 0 Å². The van der Waals surface area contributed by atoms with E-state index in [2.05, 4.69) is 4.98 Å². The molecule has 3 aromatic rings. The van der Waals surface area contributed by atoms with E-state index in [-0.39, 0.29) is 28.4 Å². The molecule has 0 bridgehead atoms. The summed E-state index contributed by atoms with van der Waals surface area (Å²) in [4.78, 5) is 15.9. The lowest BCUT2D eigenvalue weighted by Crippen LogP contribution is -2.01. The van der Waals surface area contributed by atoms with E-state index in [0.717, 1.165) is 0 Å². The van der Waals surface area contributed by atoms with Crippen molar-refractivity contribution in [1.29, 1.82) is 0 Å². The van der Waals surface area contributed by atoms with Crippen molar-refractivity contribution < 1.29 is 14.6 Å². The molecule has 0 radical (unpaired) electrons. The molecule has 2 aromatic heterocycles. The maximum atomic E-state index is 11.9. The molecular formula is C14H9NO4. The number of pyridine rings is 1. The van der Waals surface area contributed by atoms with Crippen LogP contribution in [0.3, 0.4) is 0 Å². The summed E-state index contributed by atoms with van der Waals surface area (Å²) in [6.07, 6.45) is 1.52. The number of phenols is 2. The minimum absolute atomic E-state index is 0.0671. The molecule has 2 N–H and O–H groups in total. The fourth-order valence-electron chi connectivity index (χ4n) is 1.85. The van der Waals surface area contributed by atoms with E-state index in [1.165, 1.54) is 30.5 Å². The number of nitrogens with zero attached hydrogens (tertiary/aromatic N) is 1. The topological polar surface area (TPSA) is 83.6 Å². The van der Waals surface area contributed by atoms with E-state index in [9.17, 15) is 15.0 Å². The van der Waals surface area contributed by atoms with Crippen molar-refractivity contribution in [2.24, 2.45) is 0 Å². The standard InChI is InChI=1S/C14H9NO4/c16-8-3-4-9(11(17)6-8)13-7-12(18)10-2-1-5-15-14(10)19-13/h1-7,16-17H. The predicted octanol–water partition coefficient (Wildman–Crippen LogP) is 2.27. The molecule has 5 heteroatoms. The van der Waals surface area contributed by atoms with E-state index < -0.39 is 0 Å². The van der Waals surface area contributed by atoms with Crippen LogP contribution in [0.15, 0.2) is 51.8 Å². The molecule has 0 spiro atoms. The van der Waals surface area contributed by atoms with E-state index in [1.54, 1.807) is 12.1 Å². The minimum Gasteiger partial charge on any atom is -0.508 e. The van der Waals surface area contributed by atoms with Gasteiger partial charge in [-0.25, -0.2) is 4.98 Å². The first-order valence-electron chi connectivity index (χ1n) is 5.56. The molecule has 19 heavy (non-hydrogen) atoms. The quantitative estimate of drug-likeness (QED) is 0.696. The number of phenolic OH excluding ortho intramolecular Hbond substituents is 2. The number of hydrogen-bond donors (Lipinski definition) is 2. The zero-order valence-corrected chi connectivity index (χ0v) is 9.70. The van der Waals surface area contributed by atoms with E-state index in [1.807, 2.05) is 0 Å². The average molecular weight is 255 g/mol. The van der Waals surface area contributed by atoms with Crippen LogP contribution in [0.5, 0.6) is 11.5 Å². The van der Waals surface area contributed by atoms with Gasteiger partial charge in [0.15, 0.2) is 5.43 Å². The highest BCUT2D eigenvalue weighted by atomic mass is 16.3. The van der Waals surface area contributed by atoms with Crippen molar-refractivity contribution in [3.63, 3.8) is 0 Å². The molecule has 3 rings (SSSR count). The molecule has 0 aliphatic rings. The third-order valence-corrected chi connectivity index (χ3v) is 2.75. The largest absolute Gasteiger partial charge is 0.508 e. The van der Waals surface area contributed by atoms with Gasteiger partial charge in [-0.05, 0) is 24.3 Å². The Hall–Kier alpha value is -2.82. The number of hydrogen-bond acceptors (Lipinski definition) is 5. The van der Waals surface area contributed by atoms with E-state index >= 15 is 0 Å². The van der Waals surface area contributed by atoms with Gasteiger partial charge in [-0.1, -0.05) is 0 Å². The van der Waals surface area contributed by atoms with Crippen LogP contribution in [-0.4, -0.2) is 15.2 Å². The lowest BCUT2D eigenvalue weighted by molar-refractivity contribution is 0.450. The molecule has 1 aromatic carbocycles. The maximum absolute atomic E-state index is 11.9. The summed E-state index contributed by atoms with van der Waals surface area (Å²) >= 11 is 0. The van der Waals surface area contributed by atoms with Gasteiger partial charge in [-0.2, -0.15) is 0 Å². The molecule has 0 aliphatic carbocycles. The fourth-order valence-corrected chi connectivity index (χ4v) is 1.85. The van der Waals surface area contributed by atoms with Crippen molar-refractivity contribution in [3.05, 3.63) is 52.8 Å². The Kier molecular flexibility index (Phi) is 2.45. The summed E-state index contributed by atoms with van der Waals surface area (Å²) in [7, 11) is 0. The second-order valence-corrected chi connectivity index (χ2v) is 4.03. The summed E-state index contributed by atoms with van der Waals surface area (Å²) in [6.45, 7) is 0. The van der Waals surface area contributed by atoms with Gasteiger partial charge in [0.2, 0.25) is 5.71 Å². The van der Waals surface area contributed by atoms with Crippen LogP contribution in [0, 0.1) is 0 Å². The third-order valence-electron chi connectivity index (χ3n) is 2.75. The zero-order valence-electron chi connectivity index (χ0n) is 9.70. The molecule has 0 atom stereocenters. The maximum Gasteiger partial charge on any atom is 0.230 e. The Balaban J connectivity index is 2.28. The van der Waals surface area contributed by atoms with Crippen molar-refractivity contribution in [2.75, 3.05) is 0 Å². The molecule has 94 valence electrons. The van der Waals surface area contributed by atoms with Crippen LogP contribution in [0.1, 0.15) is 0 Å². The predicted molar refractivity (Wildman–Crippen MR) is 69.0 cm³/mol. The third kappa shape index (κ3) is 1.91. The minimum atomic E-state index is -0.239. The van der Waals surface area contributed by atoms with E-state index in [4.69, 9.17) is 4.42 Å². The summed E-state index contributed by atoms with van der Waals surface area (Å²) in [5.74, 6) is -0.0327. The SMILES string of the molecule is O=c1cc(-c2ccc(O)cc2O)oc2ncccc12. The Morgan fingerprint density at radius 1 is 1.11 bits per heavy atom. The number of aromatic hydroxyl groups is 2. The molecule has 2 heterocycles. The summed E-state index contributed by atoms with van der Waals surface area (Å²) in [6, 6.07) is 8.61. The van der Waals surface area contributed by atoms with Crippen LogP contribution in [0.25, 0.3) is 22.4 Å². The van der Waals surface area contributed by atoms with Crippen LogP contribution < -0.4 is 5.43 Å². The molecule has 0 aliphatic heterocycles. The lowest BCUT2D eigenvalue weighted by atomic mass is 10.1. The molecule has 5 nitrogen and oxygen atoms in total. The van der Waals surface area contributed by atoms with Crippen molar-refractivity contribution in [1.82, 2.24) is 4.98 Å². The zero-order chi connectivity index (χ0) is 13.4. The summed E-state index contributed by atoms with van der Waals surface area (Å²) < 4.78 is 5.50. The highest BCUT2D eigenvalue weighted by Gasteiger charge is 2.11. The monoisotopic (exact) mass is 255 g/mol. The Morgan fingerprint density at radius 3 is 2.74 bits per heavy atom. The highest BCUT2D eigenvalue weighted by Crippen LogP contribution is 2.32. The van der Waals surface area contributed by atoms with Crippen LogP contribution in [0.4, 0.5) is 0 Å². The van der Waals surface area contributed by atoms with E-state index in [0.29, 0.717) is 10.9 Å². The van der Waals surface area contributed by atoms with Crippen LogP contribution in [-0.2, 0) is 0 Å². The Bertz CT molecular complexity index is 823. The number of benzene rings is 1. The Morgan fingerprint density at radius 2 is 1.95 bits per heavy atom. The summed E-state index contributed by atoms with van der Waals surface area (Å²) in [5, 5.41) is 19.4. The molecule has 0 unspecified atom stereocenters. The second-order valence-electron chi connectivity index (χ2n) is 4.03. The van der Waals surface area contributed by atoms with Crippen LogP contribution in [0.2, 0.25) is 0 Å². The van der Waals surface area contributed by atoms with Crippen molar-refractivity contribution >= 4 is 11.1 Å².